The Balaban J connectivity index is 1.34. The van der Waals surface area contributed by atoms with Crippen LogP contribution in [0.2, 0.25) is 0 Å². The zero-order valence-corrected chi connectivity index (χ0v) is 25.2. The number of hydrogen-bond acceptors (Lipinski definition) is 8. The van der Waals surface area contributed by atoms with E-state index in [2.05, 4.69) is 9.80 Å². The van der Waals surface area contributed by atoms with Crippen LogP contribution in [0.5, 0.6) is 6.01 Å². The van der Waals surface area contributed by atoms with Gasteiger partial charge in [0.05, 0.1) is 29.3 Å². The molecule has 4 aromatic rings. The molecule has 3 fully saturated rings. The van der Waals surface area contributed by atoms with Crippen molar-refractivity contribution in [3.05, 3.63) is 47.2 Å². The molecule has 3 saturated heterocycles. The van der Waals surface area contributed by atoms with E-state index in [4.69, 9.17) is 30.2 Å². The Labute approximate surface area is 255 Å². The molecule has 0 spiro atoms. The van der Waals surface area contributed by atoms with Crippen LogP contribution in [0.25, 0.3) is 32.9 Å². The quantitative estimate of drug-likeness (QED) is 0.287. The van der Waals surface area contributed by atoms with Crippen LogP contribution in [-0.4, -0.2) is 70.9 Å². The number of nitrogens with two attached hydrogens (primary N) is 1. The minimum absolute atomic E-state index is 0.000364. The topological polar surface area (TPSA) is 89.6 Å². The van der Waals surface area contributed by atoms with E-state index in [0.717, 1.165) is 69.2 Å². The van der Waals surface area contributed by atoms with Crippen molar-refractivity contribution in [3.8, 4) is 17.3 Å². The maximum Gasteiger partial charge on any atom is 0.319 e. The number of rotatable bonds is 5. The van der Waals surface area contributed by atoms with Gasteiger partial charge in [-0.3, -0.25) is 4.90 Å². The second kappa shape index (κ2) is 10.8. The van der Waals surface area contributed by atoms with E-state index in [1.54, 1.807) is 18.2 Å². The van der Waals surface area contributed by atoms with Gasteiger partial charge in [-0.05, 0) is 99.0 Å². The average Bonchev–Trinajstić information content (AvgIpc) is 3.46. The predicted molar refractivity (Wildman–Crippen MR) is 167 cm³/mol. The van der Waals surface area contributed by atoms with Gasteiger partial charge in [0.1, 0.15) is 29.5 Å². The fraction of sp³-hybridized carbons (Fsp3) is 0.500. The molecule has 6 heterocycles. The number of pyridine rings is 1. The van der Waals surface area contributed by atoms with E-state index in [-0.39, 0.29) is 34.6 Å². The third-order valence-corrected chi connectivity index (χ3v) is 10.3. The average molecular weight is 601 g/mol. The number of ether oxygens (including phenoxy) is 2. The van der Waals surface area contributed by atoms with Crippen molar-refractivity contribution < 1.29 is 18.3 Å². The first-order chi connectivity index (χ1) is 21.5. The Hall–Kier alpha value is -3.63. The first-order valence-corrected chi connectivity index (χ1v) is 16.1. The highest BCUT2D eigenvalue weighted by Crippen LogP contribution is 2.43. The zero-order valence-electron chi connectivity index (χ0n) is 25.2. The van der Waals surface area contributed by atoms with Crippen molar-refractivity contribution in [3.63, 3.8) is 0 Å². The van der Waals surface area contributed by atoms with Crippen LogP contribution in [0.15, 0.2) is 24.3 Å². The summed E-state index contributed by atoms with van der Waals surface area (Å²) in [5, 5.41) is 2.00. The predicted octanol–water partition coefficient (Wildman–Crippen LogP) is 5.82. The van der Waals surface area contributed by atoms with Gasteiger partial charge in [-0.1, -0.05) is 13.0 Å². The second-order valence-electron chi connectivity index (χ2n) is 12.8. The Bertz CT molecular complexity index is 1770. The SMILES string of the molecule is CCc1c(F)ccc2cc(N)cc(-c3nc4c5c(nc(OCC67CCCN6CCC7)nc5c3F)N3CCCOCC3CC4)c12. The first kappa shape index (κ1) is 27.9. The van der Waals surface area contributed by atoms with Crippen molar-refractivity contribution in [1.29, 1.82) is 0 Å². The van der Waals surface area contributed by atoms with Gasteiger partial charge in [0, 0.05) is 24.4 Å². The lowest BCUT2D eigenvalue weighted by molar-refractivity contribution is 0.108. The van der Waals surface area contributed by atoms with Gasteiger partial charge in [-0.2, -0.15) is 9.97 Å². The molecule has 8 rings (SSSR count). The Morgan fingerprint density at radius 3 is 2.70 bits per heavy atom. The van der Waals surface area contributed by atoms with Crippen molar-refractivity contribution in [2.45, 2.75) is 69.9 Å². The molecule has 10 heteroatoms. The minimum Gasteiger partial charge on any atom is -0.461 e. The summed E-state index contributed by atoms with van der Waals surface area (Å²) in [6.07, 6.45) is 7.17. The number of benzene rings is 2. The van der Waals surface area contributed by atoms with Gasteiger partial charge in [-0.15, -0.1) is 0 Å². The molecule has 2 N–H and O–H groups in total. The fourth-order valence-electron chi connectivity index (χ4n) is 8.22. The normalized spacial score (nSPS) is 21.3. The highest BCUT2D eigenvalue weighted by atomic mass is 19.1. The van der Waals surface area contributed by atoms with E-state index >= 15 is 8.78 Å². The summed E-state index contributed by atoms with van der Waals surface area (Å²) >= 11 is 0. The summed E-state index contributed by atoms with van der Waals surface area (Å²) in [6, 6.07) is 6.91. The van der Waals surface area contributed by atoms with E-state index in [0.29, 0.717) is 66.1 Å². The third kappa shape index (κ3) is 4.40. The van der Waals surface area contributed by atoms with Crippen molar-refractivity contribution in [2.24, 2.45) is 0 Å². The van der Waals surface area contributed by atoms with Gasteiger partial charge in [0.15, 0.2) is 5.82 Å². The molecule has 44 heavy (non-hydrogen) atoms. The Morgan fingerprint density at radius 1 is 1.05 bits per heavy atom. The lowest BCUT2D eigenvalue weighted by Gasteiger charge is -2.32. The number of nitrogens with zero attached hydrogens (tertiary/aromatic N) is 5. The molecule has 1 unspecified atom stereocenters. The summed E-state index contributed by atoms with van der Waals surface area (Å²) in [5.41, 5.74) is 8.83. The lowest BCUT2D eigenvalue weighted by Crippen LogP contribution is -2.43. The summed E-state index contributed by atoms with van der Waals surface area (Å²) < 4.78 is 44.5. The molecule has 0 saturated carbocycles. The van der Waals surface area contributed by atoms with Gasteiger partial charge in [0.2, 0.25) is 0 Å². The minimum atomic E-state index is -0.568. The molecule has 4 aliphatic rings. The maximum absolute atomic E-state index is 17.0. The number of anilines is 2. The number of fused-ring (bicyclic) bond motifs is 4. The summed E-state index contributed by atoms with van der Waals surface area (Å²) in [7, 11) is 0. The van der Waals surface area contributed by atoms with Gasteiger partial charge in [0.25, 0.3) is 0 Å². The van der Waals surface area contributed by atoms with E-state index in [1.165, 1.54) is 6.07 Å². The van der Waals surface area contributed by atoms with Crippen molar-refractivity contribution >= 4 is 33.2 Å². The van der Waals surface area contributed by atoms with Crippen LogP contribution in [-0.2, 0) is 17.6 Å². The number of aryl methyl sites for hydroxylation is 2. The van der Waals surface area contributed by atoms with Crippen molar-refractivity contribution in [1.82, 2.24) is 19.9 Å². The third-order valence-electron chi connectivity index (χ3n) is 10.3. The van der Waals surface area contributed by atoms with Crippen molar-refractivity contribution in [2.75, 3.05) is 50.1 Å². The van der Waals surface area contributed by atoms with Crippen LogP contribution in [0.1, 0.15) is 56.7 Å². The molecular weight excluding hydrogens is 562 g/mol. The number of halogens is 2. The highest BCUT2D eigenvalue weighted by molar-refractivity contribution is 6.03. The zero-order chi connectivity index (χ0) is 30.0. The fourth-order valence-corrected chi connectivity index (χ4v) is 8.22. The first-order valence-electron chi connectivity index (χ1n) is 16.1. The van der Waals surface area contributed by atoms with E-state index in [9.17, 15) is 0 Å². The van der Waals surface area contributed by atoms with Crippen LogP contribution in [0.4, 0.5) is 20.3 Å². The van der Waals surface area contributed by atoms with Crippen LogP contribution < -0.4 is 15.4 Å². The number of aromatic nitrogens is 3. The summed E-state index contributed by atoms with van der Waals surface area (Å²) in [5.74, 6) is -0.233. The van der Waals surface area contributed by atoms with Gasteiger partial charge in [-0.25, -0.2) is 13.8 Å². The number of hydrogen-bond donors (Lipinski definition) is 1. The molecule has 0 amide bonds. The maximum atomic E-state index is 17.0. The molecule has 2 aromatic carbocycles. The summed E-state index contributed by atoms with van der Waals surface area (Å²) in [4.78, 5) is 19.5. The monoisotopic (exact) mass is 600 g/mol. The van der Waals surface area contributed by atoms with Crippen LogP contribution in [0, 0.1) is 11.6 Å². The smallest absolute Gasteiger partial charge is 0.319 e. The summed E-state index contributed by atoms with van der Waals surface area (Å²) in [6.45, 7) is 6.55. The van der Waals surface area contributed by atoms with Crippen LogP contribution >= 0.6 is 0 Å². The van der Waals surface area contributed by atoms with Gasteiger partial charge < -0.3 is 20.1 Å². The molecule has 8 nitrogen and oxygen atoms in total. The van der Waals surface area contributed by atoms with E-state index in [1.807, 2.05) is 6.92 Å². The molecule has 230 valence electrons. The van der Waals surface area contributed by atoms with E-state index < -0.39 is 5.82 Å². The molecule has 0 aliphatic carbocycles. The lowest BCUT2D eigenvalue weighted by atomic mass is 9.93. The standard InChI is InChI=1S/C34H38F2N6O2/c1-2-23-25(35)8-6-20-16-21(37)17-24(27(20)23)30-29(36)31-28-26(38-30)9-7-22-18-43-15-5-14-42(22)32(28)40-33(39-31)44-19-34-10-3-12-41(34)13-4-11-34/h6,8,16-17,22H,2-5,7,9-15,18-19,37H2,1H3. The Kier molecular flexibility index (Phi) is 6.82. The molecular formula is C34H38F2N6O2. The molecule has 4 aliphatic heterocycles. The second-order valence-corrected chi connectivity index (χ2v) is 12.8. The van der Waals surface area contributed by atoms with Crippen LogP contribution in [0.3, 0.4) is 0 Å². The Morgan fingerprint density at radius 2 is 1.89 bits per heavy atom. The molecule has 0 bridgehead atoms. The largest absolute Gasteiger partial charge is 0.461 e. The highest BCUT2D eigenvalue weighted by Gasteiger charge is 2.45. The molecule has 2 aromatic heterocycles. The molecule has 1 atom stereocenters. The molecule has 0 radical (unpaired) electrons. The number of nitrogen functional groups attached to an aromatic ring is 1. The van der Waals surface area contributed by atoms with Gasteiger partial charge >= 0.3 is 6.01 Å².